The molecule has 2 amide bonds. The summed E-state index contributed by atoms with van der Waals surface area (Å²) < 4.78 is 41.7. The number of hydroxylamine groups is 2. The van der Waals surface area contributed by atoms with Crippen molar-refractivity contribution in [3.63, 3.8) is 0 Å². The molecule has 1 saturated heterocycles. The number of aromatic nitrogens is 1. The first-order valence-corrected chi connectivity index (χ1v) is 17.3. The van der Waals surface area contributed by atoms with Crippen LogP contribution in [0.4, 0.5) is 5.13 Å². The van der Waals surface area contributed by atoms with Gasteiger partial charge in [0, 0.05) is 28.4 Å². The van der Waals surface area contributed by atoms with Gasteiger partial charge in [0.1, 0.15) is 23.3 Å². The summed E-state index contributed by atoms with van der Waals surface area (Å²) in [4.78, 5) is 48.3. The number of nitrogen functional groups attached to an aromatic ring is 1. The molecule has 0 bridgehead atoms. The number of oxime groups is 1. The van der Waals surface area contributed by atoms with E-state index in [9.17, 15) is 27.9 Å². The molecule has 3 aliphatic rings. The van der Waals surface area contributed by atoms with Gasteiger partial charge in [-0.2, -0.15) is 13.5 Å². The Balaban J connectivity index is 1.33. The molecule has 0 radical (unpaired) electrons. The molecule has 0 unspecified atom stereocenters. The van der Waals surface area contributed by atoms with E-state index in [1.54, 1.807) is 12.1 Å². The van der Waals surface area contributed by atoms with Crippen molar-refractivity contribution in [2.24, 2.45) is 16.3 Å². The van der Waals surface area contributed by atoms with Crippen LogP contribution in [0.5, 0.6) is 5.75 Å². The van der Waals surface area contributed by atoms with Crippen LogP contribution in [-0.2, 0) is 40.3 Å². The summed E-state index contributed by atoms with van der Waals surface area (Å²) in [5, 5.41) is 30.2. The predicted molar refractivity (Wildman–Crippen MR) is 175 cm³/mol. The standard InChI is InChI=1S/C29H38N8O10S2/c1-27(2)17(30)11-18(27)34-22(31)14-6-8-16-13(10-14)7-9-19(45-16)29(5,25(40)41)46-36-20(15-12-48-26(32)33-15)23(38)35-21-24(39)37(28(21,3)4)47-49(42,43)44/h6,8,10,12,17-19,21H,7,9,11,30H2,1-5H3,(H2,31,34)(H2,32,33)(H,35,38)(H,40,41)(H,42,43,44)/b36-20-/t17-,18-,19+,21+,29-/m0/s1. The number of carbonyl (C=O) groups is 3. The summed E-state index contributed by atoms with van der Waals surface area (Å²) in [6, 6.07) is 3.92. The Hall–Kier alpha value is -4.37. The molecule has 266 valence electrons. The van der Waals surface area contributed by atoms with Crippen LogP contribution in [0.2, 0.25) is 0 Å². The minimum absolute atomic E-state index is 0.0487. The number of hydrogen-bond donors (Lipinski definition) is 7. The molecular formula is C29H38N8O10S2. The van der Waals surface area contributed by atoms with Gasteiger partial charge in [-0.1, -0.05) is 19.0 Å². The number of aliphatic carboxylic acids is 1. The van der Waals surface area contributed by atoms with Crippen molar-refractivity contribution in [2.45, 2.75) is 89.3 Å². The van der Waals surface area contributed by atoms with E-state index in [-0.39, 0.29) is 40.6 Å². The lowest BCUT2D eigenvalue weighted by molar-refractivity contribution is -0.218. The van der Waals surface area contributed by atoms with Crippen LogP contribution in [0.1, 0.15) is 64.3 Å². The van der Waals surface area contributed by atoms with Gasteiger partial charge in [0.15, 0.2) is 16.9 Å². The minimum atomic E-state index is -5.03. The third-order valence-electron chi connectivity index (χ3n) is 9.42. The number of nitrogens with zero attached hydrogens (tertiary/aromatic N) is 3. The number of aryl methyl sites for hydroxylation is 1. The van der Waals surface area contributed by atoms with E-state index in [1.807, 2.05) is 6.07 Å². The van der Waals surface area contributed by atoms with Crippen LogP contribution in [0.3, 0.4) is 0 Å². The highest BCUT2D eigenvalue weighted by Crippen LogP contribution is 2.40. The maximum atomic E-state index is 13.5. The Labute approximate surface area is 285 Å². The lowest BCUT2D eigenvalue weighted by Crippen LogP contribution is -2.76. The SMILES string of the molecule is CC1(C)[C@@H](NC(=N)c2ccc3c(c2)CC[C@H]([C@](C)(O/N=C(\C(=O)N[C@@H]2C(=O)N(OS(=O)(=O)O)C2(C)C)c2csc(N)n2)C(=O)O)O3)C[C@@H]1N. The van der Waals surface area contributed by atoms with E-state index in [2.05, 4.69) is 38.9 Å². The summed E-state index contributed by atoms with van der Waals surface area (Å²) in [6.07, 6.45) is 0.236. The Kier molecular flexibility index (Phi) is 9.17. The Morgan fingerprint density at radius 2 is 1.96 bits per heavy atom. The average Bonchev–Trinajstić information content (AvgIpc) is 3.46. The van der Waals surface area contributed by atoms with Crippen molar-refractivity contribution in [3.8, 4) is 5.75 Å². The predicted octanol–water partition coefficient (Wildman–Crippen LogP) is 0.564. The quantitative estimate of drug-likeness (QED) is 0.0549. The van der Waals surface area contributed by atoms with E-state index >= 15 is 0 Å². The zero-order chi connectivity index (χ0) is 36.3. The molecule has 1 aromatic heterocycles. The molecule has 2 fully saturated rings. The number of fused-ring (bicyclic) bond motifs is 1. The molecule has 0 spiro atoms. The van der Waals surface area contributed by atoms with Gasteiger partial charge in [0.25, 0.3) is 17.4 Å². The van der Waals surface area contributed by atoms with Crippen LogP contribution in [0.25, 0.3) is 0 Å². The second-order valence-corrected chi connectivity index (χ2v) is 15.3. The fraction of sp³-hybridized carbons (Fsp3) is 0.517. The van der Waals surface area contributed by atoms with Crippen LogP contribution >= 0.6 is 11.3 Å². The minimum Gasteiger partial charge on any atom is -0.485 e. The number of rotatable bonds is 11. The van der Waals surface area contributed by atoms with Gasteiger partial charge in [-0.3, -0.25) is 19.6 Å². The number of amidine groups is 1. The zero-order valence-corrected chi connectivity index (χ0v) is 28.8. The molecule has 5 atom stereocenters. The summed E-state index contributed by atoms with van der Waals surface area (Å²) in [5.41, 5.74) is 8.93. The zero-order valence-electron chi connectivity index (χ0n) is 27.2. The number of benzene rings is 1. The average molecular weight is 723 g/mol. The molecule has 5 rings (SSSR count). The first-order valence-electron chi connectivity index (χ1n) is 15.1. The highest BCUT2D eigenvalue weighted by molar-refractivity contribution is 7.80. The van der Waals surface area contributed by atoms with Gasteiger partial charge in [0.2, 0.25) is 0 Å². The molecular weight excluding hydrogens is 684 g/mol. The maximum absolute atomic E-state index is 13.5. The number of hydrogen-bond acceptors (Lipinski definition) is 14. The van der Waals surface area contributed by atoms with E-state index in [4.69, 9.17) is 31.0 Å². The van der Waals surface area contributed by atoms with E-state index in [1.165, 1.54) is 26.2 Å². The normalized spacial score (nSPS) is 25.4. The summed E-state index contributed by atoms with van der Waals surface area (Å²) in [5.74, 6) is -2.83. The van der Waals surface area contributed by atoms with Crippen molar-refractivity contribution in [2.75, 3.05) is 5.73 Å². The van der Waals surface area contributed by atoms with Gasteiger partial charge in [-0.15, -0.1) is 15.6 Å². The van der Waals surface area contributed by atoms with Gasteiger partial charge in [-0.25, -0.2) is 9.78 Å². The number of carboxylic acid groups (broad SMARTS) is 1. The Bertz CT molecular complexity index is 1840. The third-order valence-corrected chi connectivity index (χ3v) is 10.4. The second kappa shape index (κ2) is 12.5. The van der Waals surface area contributed by atoms with Crippen LogP contribution in [0, 0.1) is 10.8 Å². The lowest BCUT2D eigenvalue weighted by Gasteiger charge is -2.50. The molecule has 9 N–H and O–H groups in total. The first kappa shape index (κ1) is 35.9. The number of thiazole rings is 1. The van der Waals surface area contributed by atoms with Crippen molar-refractivity contribution < 1.29 is 46.3 Å². The third kappa shape index (κ3) is 6.78. The van der Waals surface area contributed by atoms with E-state index in [0.29, 0.717) is 22.8 Å². The topological polar surface area (TPSA) is 282 Å². The van der Waals surface area contributed by atoms with E-state index < -0.39 is 57.2 Å². The first-order chi connectivity index (χ1) is 22.6. The number of ether oxygens (including phenoxy) is 1. The van der Waals surface area contributed by atoms with Crippen LogP contribution in [-0.4, -0.2) is 92.8 Å². The summed E-state index contributed by atoms with van der Waals surface area (Å²) >= 11 is 0.961. The molecule has 49 heavy (non-hydrogen) atoms. The van der Waals surface area contributed by atoms with Crippen molar-refractivity contribution in [1.82, 2.24) is 20.7 Å². The fourth-order valence-corrected chi connectivity index (χ4v) is 6.79. The van der Waals surface area contributed by atoms with E-state index in [0.717, 1.165) is 23.3 Å². The smallest absolute Gasteiger partial charge is 0.418 e. The number of β-lactam (4-membered cyclic amide) rings is 1. The molecule has 3 heterocycles. The summed E-state index contributed by atoms with van der Waals surface area (Å²) in [7, 11) is -5.03. The van der Waals surface area contributed by atoms with Gasteiger partial charge in [0.05, 0.1) is 5.54 Å². The molecule has 1 aromatic carbocycles. The molecule has 2 aliphatic heterocycles. The number of carboxylic acids is 1. The molecule has 1 saturated carbocycles. The molecule has 1 aliphatic carbocycles. The number of anilines is 1. The van der Waals surface area contributed by atoms with Crippen LogP contribution in [0.15, 0.2) is 28.7 Å². The number of nitrogens with one attached hydrogen (secondary N) is 3. The Morgan fingerprint density at radius 1 is 1.27 bits per heavy atom. The van der Waals surface area contributed by atoms with Gasteiger partial charge in [-0.05, 0) is 63.8 Å². The van der Waals surface area contributed by atoms with Crippen molar-refractivity contribution in [1.29, 1.82) is 5.41 Å². The monoisotopic (exact) mass is 722 g/mol. The van der Waals surface area contributed by atoms with Crippen LogP contribution < -0.4 is 26.8 Å². The molecule has 2 aromatic rings. The number of amides is 2. The van der Waals surface area contributed by atoms with Gasteiger partial charge >= 0.3 is 16.4 Å². The van der Waals surface area contributed by atoms with Crippen molar-refractivity contribution >= 4 is 56.2 Å². The number of carbonyl (C=O) groups excluding carboxylic acids is 2. The second-order valence-electron chi connectivity index (χ2n) is 13.4. The van der Waals surface area contributed by atoms with Crippen molar-refractivity contribution in [3.05, 3.63) is 40.4 Å². The molecule has 20 heteroatoms. The maximum Gasteiger partial charge on any atom is 0.418 e. The number of nitrogens with two attached hydrogens (primary N) is 2. The highest BCUT2D eigenvalue weighted by atomic mass is 32.3. The fourth-order valence-electron chi connectivity index (χ4n) is 5.79. The lowest BCUT2D eigenvalue weighted by atomic mass is 9.63. The molecule has 18 nitrogen and oxygen atoms in total. The summed E-state index contributed by atoms with van der Waals surface area (Å²) in [6.45, 7) is 8.07. The Morgan fingerprint density at radius 3 is 2.51 bits per heavy atom. The largest absolute Gasteiger partial charge is 0.485 e. The van der Waals surface area contributed by atoms with Gasteiger partial charge < -0.3 is 36.8 Å². The highest BCUT2D eigenvalue weighted by Gasteiger charge is 2.58.